The van der Waals surface area contributed by atoms with Crippen molar-refractivity contribution in [2.24, 2.45) is 23.7 Å². The molecule has 7 atom stereocenters. The predicted molar refractivity (Wildman–Crippen MR) is 103 cm³/mol. The fraction of sp³-hybridized carbons (Fsp3) is 0.905. The number of carbonyl (C=O) groups is 2. The third kappa shape index (κ3) is 6.18. The van der Waals surface area contributed by atoms with Crippen LogP contribution in [-0.4, -0.2) is 48.4 Å². The van der Waals surface area contributed by atoms with Gasteiger partial charge in [-0.15, -0.1) is 0 Å². The van der Waals surface area contributed by atoms with Crippen LogP contribution in [0, 0.1) is 23.7 Å². The molecule has 156 valence electrons. The van der Waals surface area contributed by atoms with Crippen molar-refractivity contribution in [3.63, 3.8) is 0 Å². The Labute approximate surface area is 163 Å². The van der Waals surface area contributed by atoms with E-state index in [9.17, 15) is 14.7 Å². The Morgan fingerprint density at radius 2 is 1.59 bits per heavy atom. The molecule has 2 aliphatic carbocycles. The zero-order chi connectivity index (χ0) is 20.0. The van der Waals surface area contributed by atoms with E-state index in [0.717, 1.165) is 25.7 Å². The fourth-order valence-electron chi connectivity index (χ4n) is 4.41. The molecule has 0 radical (unpaired) electrons. The Kier molecular flexibility index (Phi) is 8.55. The largest absolute Gasteiger partial charge is 0.463 e. The number of ether oxygens (including phenoxy) is 2. The molecule has 0 heterocycles. The van der Waals surface area contributed by atoms with Crippen molar-refractivity contribution in [3.8, 4) is 0 Å². The van der Waals surface area contributed by atoms with E-state index < -0.39 is 6.04 Å². The lowest BCUT2D eigenvalue weighted by atomic mass is 9.82. The van der Waals surface area contributed by atoms with Crippen molar-refractivity contribution in [2.45, 2.75) is 84.5 Å². The average molecular weight is 384 g/mol. The Balaban J connectivity index is 1.89. The minimum Gasteiger partial charge on any atom is -0.463 e. The van der Waals surface area contributed by atoms with Crippen molar-refractivity contribution in [3.05, 3.63) is 0 Å². The van der Waals surface area contributed by atoms with E-state index >= 15 is 0 Å². The smallest absolute Gasteiger partial charge is 0.324 e. The van der Waals surface area contributed by atoms with Gasteiger partial charge in [0.15, 0.2) is 0 Å². The highest BCUT2D eigenvalue weighted by Crippen LogP contribution is 2.51. The first-order chi connectivity index (χ1) is 12.9. The van der Waals surface area contributed by atoms with E-state index in [4.69, 9.17) is 9.47 Å². The lowest BCUT2D eigenvalue weighted by Gasteiger charge is -2.28. The summed E-state index contributed by atoms with van der Waals surface area (Å²) in [6, 6.07) is -0.664. The van der Waals surface area contributed by atoms with E-state index in [1.54, 1.807) is 0 Å². The maximum atomic E-state index is 12.5. The van der Waals surface area contributed by atoms with Crippen LogP contribution >= 0.6 is 0 Å². The van der Waals surface area contributed by atoms with Gasteiger partial charge in [-0.3, -0.25) is 9.59 Å². The summed E-state index contributed by atoms with van der Waals surface area (Å²) in [6.07, 6.45) is 4.52. The molecule has 0 aromatic carbocycles. The van der Waals surface area contributed by atoms with Gasteiger partial charge in [0.05, 0.1) is 18.6 Å². The van der Waals surface area contributed by atoms with Crippen LogP contribution in [-0.2, 0) is 19.1 Å². The van der Waals surface area contributed by atoms with Crippen LogP contribution < -0.4 is 5.32 Å². The number of esters is 2. The summed E-state index contributed by atoms with van der Waals surface area (Å²) in [6.45, 7) is 8.62. The molecule has 2 fully saturated rings. The molecule has 2 N–H and O–H groups in total. The molecule has 0 amide bonds. The summed E-state index contributed by atoms with van der Waals surface area (Å²) >= 11 is 0. The van der Waals surface area contributed by atoms with Crippen LogP contribution in [0.15, 0.2) is 0 Å². The number of carbonyl (C=O) groups excluding carboxylic acids is 2. The highest BCUT2D eigenvalue weighted by atomic mass is 16.6. The topological polar surface area (TPSA) is 84.9 Å². The highest BCUT2D eigenvalue weighted by Gasteiger charge is 2.45. The first kappa shape index (κ1) is 22.2. The first-order valence-electron chi connectivity index (χ1n) is 10.6. The van der Waals surface area contributed by atoms with Crippen LogP contribution in [0.2, 0.25) is 0 Å². The minimum atomic E-state index is -0.664. The van der Waals surface area contributed by atoms with Gasteiger partial charge in [-0.25, -0.2) is 0 Å². The van der Waals surface area contributed by atoms with Crippen LogP contribution in [0.4, 0.5) is 0 Å². The van der Waals surface area contributed by atoms with E-state index in [2.05, 4.69) is 5.32 Å². The van der Waals surface area contributed by atoms with Crippen LogP contribution in [0.3, 0.4) is 0 Å². The number of hydrogen-bond donors (Lipinski definition) is 2. The third-order valence-electron chi connectivity index (χ3n) is 6.47. The summed E-state index contributed by atoms with van der Waals surface area (Å²) in [5.41, 5.74) is 0. The Morgan fingerprint density at radius 3 is 2.15 bits per heavy atom. The maximum absolute atomic E-state index is 12.5. The van der Waals surface area contributed by atoms with E-state index in [-0.39, 0.29) is 37.2 Å². The van der Waals surface area contributed by atoms with Gasteiger partial charge in [0.25, 0.3) is 0 Å². The molecule has 0 aliphatic heterocycles. The van der Waals surface area contributed by atoms with Gasteiger partial charge in [0, 0.05) is 6.61 Å². The second kappa shape index (κ2) is 10.4. The van der Waals surface area contributed by atoms with Gasteiger partial charge < -0.3 is 19.9 Å². The van der Waals surface area contributed by atoms with Gasteiger partial charge in [0.1, 0.15) is 6.04 Å². The monoisotopic (exact) mass is 383 g/mol. The normalized spacial score (nSPS) is 30.0. The van der Waals surface area contributed by atoms with Gasteiger partial charge in [-0.2, -0.15) is 0 Å². The standard InChI is InChI=1S/C21H37NO5/c1-5-13(3)26-20(24)10-19(21(25)27-14(4)6-2)22-11-17-8-16-7-15(17)9-18(16)12-23/h13-19,22-23H,5-12H2,1-4H3. The zero-order valence-corrected chi connectivity index (χ0v) is 17.3. The molecule has 2 rings (SSSR count). The van der Waals surface area contributed by atoms with Gasteiger partial charge in [0.2, 0.25) is 0 Å². The molecule has 7 unspecified atom stereocenters. The molecular formula is C21H37NO5. The van der Waals surface area contributed by atoms with E-state index in [1.807, 2.05) is 27.7 Å². The summed E-state index contributed by atoms with van der Waals surface area (Å²) in [5, 5.41) is 12.7. The van der Waals surface area contributed by atoms with E-state index in [0.29, 0.717) is 30.2 Å². The lowest BCUT2D eigenvalue weighted by Crippen LogP contribution is -2.44. The number of rotatable bonds is 11. The Bertz CT molecular complexity index is 497. The molecule has 0 spiro atoms. The molecule has 0 aromatic rings. The summed E-state index contributed by atoms with van der Waals surface area (Å²) in [5.74, 6) is 1.42. The first-order valence-corrected chi connectivity index (χ1v) is 10.6. The Morgan fingerprint density at radius 1 is 1.00 bits per heavy atom. The molecular weight excluding hydrogens is 346 g/mol. The fourth-order valence-corrected chi connectivity index (χ4v) is 4.41. The molecule has 2 aliphatic rings. The molecule has 6 heteroatoms. The van der Waals surface area contributed by atoms with Gasteiger partial charge in [-0.1, -0.05) is 13.8 Å². The number of nitrogens with one attached hydrogen (secondary N) is 1. The van der Waals surface area contributed by atoms with Crippen molar-refractivity contribution in [2.75, 3.05) is 13.2 Å². The second-order valence-corrected chi connectivity index (χ2v) is 8.46. The van der Waals surface area contributed by atoms with Gasteiger partial charge >= 0.3 is 11.9 Å². The Hall–Kier alpha value is -1.14. The number of aliphatic hydroxyl groups is 1. The van der Waals surface area contributed by atoms with Crippen LogP contribution in [0.25, 0.3) is 0 Å². The van der Waals surface area contributed by atoms with Crippen molar-refractivity contribution in [1.82, 2.24) is 5.32 Å². The molecule has 27 heavy (non-hydrogen) atoms. The van der Waals surface area contributed by atoms with Gasteiger partial charge in [-0.05, 0) is 76.2 Å². The number of fused-ring (bicyclic) bond motifs is 2. The quantitative estimate of drug-likeness (QED) is 0.534. The van der Waals surface area contributed by atoms with Crippen molar-refractivity contribution in [1.29, 1.82) is 0 Å². The summed E-state index contributed by atoms with van der Waals surface area (Å²) in [7, 11) is 0. The molecule has 0 saturated heterocycles. The summed E-state index contributed by atoms with van der Waals surface area (Å²) < 4.78 is 10.8. The van der Waals surface area contributed by atoms with Crippen LogP contribution in [0.1, 0.15) is 66.2 Å². The van der Waals surface area contributed by atoms with Crippen molar-refractivity contribution >= 4 is 11.9 Å². The van der Waals surface area contributed by atoms with Crippen molar-refractivity contribution < 1.29 is 24.2 Å². The molecule has 2 saturated carbocycles. The minimum absolute atomic E-state index is 0.000310. The lowest BCUT2D eigenvalue weighted by molar-refractivity contribution is -0.157. The predicted octanol–water partition coefficient (Wildman–Crippen LogP) is 2.67. The highest BCUT2D eigenvalue weighted by molar-refractivity contribution is 5.82. The number of hydrogen-bond acceptors (Lipinski definition) is 6. The molecule has 6 nitrogen and oxygen atoms in total. The van der Waals surface area contributed by atoms with Crippen LogP contribution in [0.5, 0.6) is 0 Å². The number of aliphatic hydroxyl groups excluding tert-OH is 1. The second-order valence-electron chi connectivity index (χ2n) is 8.46. The van der Waals surface area contributed by atoms with E-state index in [1.165, 1.54) is 6.42 Å². The zero-order valence-electron chi connectivity index (χ0n) is 17.3. The average Bonchev–Trinajstić information content (AvgIpc) is 3.24. The maximum Gasteiger partial charge on any atom is 0.324 e. The third-order valence-corrected chi connectivity index (χ3v) is 6.47. The SMILES string of the molecule is CCC(C)OC(=O)CC(NCC1CC2CC1CC2CO)C(=O)OC(C)CC. The molecule has 2 bridgehead atoms. The molecule has 0 aromatic heterocycles. The summed E-state index contributed by atoms with van der Waals surface area (Å²) in [4.78, 5) is 24.7.